The molecule has 106 valence electrons. The van der Waals surface area contributed by atoms with Crippen LogP contribution in [0.4, 0.5) is 0 Å². The van der Waals surface area contributed by atoms with Crippen LogP contribution in [0.3, 0.4) is 0 Å². The molecule has 0 aliphatic heterocycles. The summed E-state index contributed by atoms with van der Waals surface area (Å²) in [6.07, 6.45) is 0. The first-order valence-electron chi connectivity index (χ1n) is 6.75. The van der Waals surface area contributed by atoms with Gasteiger partial charge in [0.25, 0.3) is 0 Å². The van der Waals surface area contributed by atoms with Crippen LogP contribution in [0.25, 0.3) is 0 Å². The Kier molecular flexibility index (Phi) is 6.95. The van der Waals surface area contributed by atoms with Gasteiger partial charge in [-0.2, -0.15) is 0 Å². The van der Waals surface area contributed by atoms with E-state index in [1.54, 1.807) is 0 Å². The van der Waals surface area contributed by atoms with Crippen molar-refractivity contribution in [1.82, 2.24) is 5.32 Å². The molecular weight excluding hydrogens is 258 g/mol. The van der Waals surface area contributed by atoms with Gasteiger partial charge in [0.05, 0.1) is 6.61 Å². The average Bonchev–Trinajstić information content (AvgIpc) is 2.39. The fourth-order valence-electron chi connectivity index (χ4n) is 1.79. The highest BCUT2D eigenvalue weighted by molar-refractivity contribution is 8.00. The van der Waals surface area contributed by atoms with Crippen LogP contribution in [0.15, 0.2) is 29.2 Å². The molecule has 1 rings (SSSR count). The Labute approximate surface area is 120 Å². The lowest BCUT2D eigenvalue weighted by atomic mass is 10.1. The molecular formula is C15H23NO2S. The number of rotatable bonds is 7. The van der Waals surface area contributed by atoms with E-state index in [9.17, 15) is 4.79 Å². The zero-order valence-corrected chi connectivity index (χ0v) is 12.9. The summed E-state index contributed by atoms with van der Waals surface area (Å²) in [7, 11) is 0. The van der Waals surface area contributed by atoms with E-state index < -0.39 is 0 Å². The number of thioether (sulfide) groups is 1. The van der Waals surface area contributed by atoms with Gasteiger partial charge in [0, 0.05) is 10.9 Å². The van der Waals surface area contributed by atoms with E-state index in [2.05, 4.69) is 31.3 Å². The highest BCUT2D eigenvalue weighted by atomic mass is 32.2. The summed E-state index contributed by atoms with van der Waals surface area (Å²) >= 11 is 1.54. The van der Waals surface area contributed by atoms with Crippen LogP contribution in [-0.4, -0.2) is 24.4 Å². The van der Waals surface area contributed by atoms with Crippen LogP contribution in [0.2, 0.25) is 0 Å². The summed E-state index contributed by atoms with van der Waals surface area (Å²) in [6.45, 7) is 9.32. The smallest absolute Gasteiger partial charge is 0.319 e. The molecule has 0 saturated carbocycles. The third-order valence-corrected chi connectivity index (χ3v) is 3.87. The van der Waals surface area contributed by atoms with Gasteiger partial charge < -0.3 is 10.1 Å². The molecule has 0 aromatic heterocycles. The van der Waals surface area contributed by atoms with Crippen molar-refractivity contribution in [1.29, 1.82) is 0 Å². The normalized spacial score (nSPS) is 13.9. The molecule has 0 amide bonds. The maximum atomic E-state index is 11.6. The Bertz CT molecular complexity index is 409. The Morgan fingerprint density at radius 1 is 1.37 bits per heavy atom. The topological polar surface area (TPSA) is 38.3 Å². The SMILES string of the molecule is CCNC(C)c1cccc(SC(C)C(=O)OCC)c1. The molecule has 0 heterocycles. The number of hydrogen-bond donors (Lipinski definition) is 1. The van der Waals surface area contributed by atoms with Crippen LogP contribution in [0.1, 0.15) is 39.3 Å². The van der Waals surface area contributed by atoms with Gasteiger partial charge >= 0.3 is 5.97 Å². The van der Waals surface area contributed by atoms with Gasteiger partial charge in [-0.3, -0.25) is 4.79 Å². The van der Waals surface area contributed by atoms with Gasteiger partial charge in [-0.1, -0.05) is 19.1 Å². The van der Waals surface area contributed by atoms with E-state index in [0.717, 1.165) is 11.4 Å². The summed E-state index contributed by atoms with van der Waals surface area (Å²) in [6, 6.07) is 8.62. The first-order chi connectivity index (χ1) is 9.08. The quantitative estimate of drug-likeness (QED) is 0.614. The molecule has 0 fully saturated rings. The molecule has 2 atom stereocenters. The molecule has 2 unspecified atom stereocenters. The number of nitrogens with one attached hydrogen (secondary N) is 1. The van der Waals surface area contributed by atoms with E-state index in [-0.39, 0.29) is 11.2 Å². The van der Waals surface area contributed by atoms with E-state index in [1.165, 1.54) is 17.3 Å². The molecule has 0 bridgehead atoms. The van der Waals surface area contributed by atoms with E-state index in [0.29, 0.717) is 12.6 Å². The summed E-state index contributed by atoms with van der Waals surface area (Å²) in [4.78, 5) is 12.7. The average molecular weight is 281 g/mol. The van der Waals surface area contributed by atoms with Gasteiger partial charge in [0.2, 0.25) is 0 Å². The number of ether oxygens (including phenoxy) is 1. The van der Waals surface area contributed by atoms with E-state index in [1.807, 2.05) is 26.0 Å². The van der Waals surface area contributed by atoms with Gasteiger partial charge in [-0.25, -0.2) is 0 Å². The molecule has 1 aromatic rings. The lowest BCUT2D eigenvalue weighted by Crippen LogP contribution is -2.18. The van der Waals surface area contributed by atoms with Crippen molar-refractivity contribution in [3.8, 4) is 0 Å². The zero-order chi connectivity index (χ0) is 14.3. The van der Waals surface area contributed by atoms with Crippen molar-refractivity contribution >= 4 is 17.7 Å². The van der Waals surface area contributed by atoms with E-state index in [4.69, 9.17) is 4.74 Å². The van der Waals surface area contributed by atoms with Crippen molar-refractivity contribution in [2.24, 2.45) is 0 Å². The van der Waals surface area contributed by atoms with E-state index >= 15 is 0 Å². The van der Waals surface area contributed by atoms with Crippen molar-refractivity contribution in [3.63, 3.8) is 0 Å². The summed E-state index contributed by atoms with van der Waals surface area (Å²) in [5, 5.41) is 3.21. The third-order valence-electron chi connectivity index (χ3n) is 2.80. The Morgan fingerprint density at radius 3 is 2.74 bits per heavy atom. The summed E-state index contributed by atoms with van der Waals surface area (Å²) < 4.78 is 5.02. The first kappa shape index (κ1) is 16.1. The predicted octanol–water partition coefficient (Wildman–Crippen LogP) is 3.40. The number of carbonyl (C=O) groups is 1. The molecule has 0 aliphatic rings. The largest absolute Gasteiger partial charge is 0.465 e. The molecule has 0 aliphatic carbocycles. The highest BCUT2D eigenvalue weighted by Gasteiger charge is 2.15. The maximum Gasteiger partial charge on any atom is 0.319 e. The number of hydrogen-bond acceptors (Lipinski definition) is 4. The zero-order valence-electron chi connectivity index (χ0n) is 12.1. The molecule has 4 heteroatoms. The lowest BCUT2D eigenvalue weighted by Gasteiger charge is -2.15. The number of benzene rings is 1. The maximum absolute atomic E-state index is 11.6. The molecule has 1 aromatic carbocycles. The fourth-order valence-corrected chi connectivity index (χ4v) is 2.73. The van der Waals surface area contributed by atoms with Crippen LogP contribution in [-0.2, 0) is 9.53 Å². The molecule has 19 heavy (non-hydrogen) atoms. The standard InChI is InChI=1S/C15H23NO2S/c1-5-16-11(3)13-8-7-9-14(10-13)19-12(4)15(17)18-6-2/h7-12,16H,5-6H2,1-4H3. The van der Waals surface area contributed by atoms with Crippen LogP contribution in [0.5, 0.6) is 0 Å². The predicted molar refractivity (Wildman–Crippen MR) is 80.5 cm³/mol. The number of carbonyl (C=O) groups excluding carboxylic acids is 1. The Hall–Kier alpha value is -1.00. The van der Waals surface area contributed by atoms with Gasteiger partial charge in [-0.15, -0.1) is 11.8 Å². The van der Waals surface area contributed by atoms with Crippen molar-refractivity contribution in [2.75, 3.05) is 13.2 Å². The van der Waals surface area contributed by atoms with Crippen molar-refractivity contribution in [2.45, 2.75) is 43.9 Å². The molecule has 0 spiro atoms. The van der Waals surface area contributed by atoms with Gasteiger partial charge in [0.15, 0.2) is 0 Å². The second-order valence-electron chi connectivity index (χ2n) is 4.36. The minimum atomic E-state index is -0.176. The summed E-state index contributed by atoms with van der Waals surface area (Å²) in [5.74, 6) is -0.155. The Morgan fingerprint density at radius 2 is 2.11 bits per heavy atom. The number of esters is 1. The Balaban J connectivity index is 2.69. The second-order valence-corrected chi connectivity index (χ2v) is 5.78. The minimum absolute atomic E-state index is 0.155. The van der Waals surface area contributed by atoms with Crippen molar-refractivity contribution in [3.05, 3.63) is 29.8 Å². The third kappa shape index (κ3) is 5.25. The minimum Gasteiger partial charge on any atom is -0.465 e. The monoisotopic (exact) mass is 281 g/mol. The summed E-state index contributed by atoms with van der Waals surface area (Å²) in [5.41, 5.74) is 1.24. The second kappa shape index (κ2) is 8.23. The lowest BCUT2D eigenvalue weighted by molar-refractivity contribution is -0.142. The molecule has 0 radical (unpaired) electrons. The van der Waals surface area contributed by atoms with Crippen LogP contribution < -0.4 is 5.32 Å². The van der Waals surface area contributed by atoms with Crippen LogP contribution in [0, 0.1) is 0 Å². The van der Waals surface area contributed by atoms with Crippen LogP contribution >= 0.6 is 11.8 Å². The molecule has 1 N–H and O–H groups in total. The molecule has 0 saturated heterocycles. The fraction of sp³-hybridized carbons (Fsp3) is 0.533. The van der Waals surface area contributed by atoms with Gasteiger partial charge in [0.1, 0.15) is 5.25 Å². The van der Waals surface area contributed by atoms with Crippen molar-refractivity contribution < 1.29 is 9.53 Å². The van der Waals surface area contributed by atoms with Gasteiger partial charge in [-0.05, 0) is 45.0 Å². The highest BCUT2D eigenvalue weighted by Crippen LogP contribution is 2.26. The first-order valence-corrected chi connectivity index (χ1v) is 7.63. The molecule has 3 nitrogen and oxygen atoms in total.